The minimum Gasteiger partial charge on any atom is -0.819 e. The fourth-order valence-electron chi connectivity index (χ4n) is 2.37. The molecule has 0 unspecified atom stereocenters. The van der Waals surface area contributed by atoms with Crippen LogP contribution in [0.4, 0.5) is 0 Å². The molecular weight excluding hydrogens is 310 g/mol. The highest BCUT2D eigenvalue weighted by atomic mass is 16.7. The van der Waals surface area contributed by atoms with Gasteiger partial charge in [0, 0.05) is 10.3 Å². The molecule has 1 heterocycles. The lowest BCUT2D eigenvalue weighted by molar-refractivity contribution is -0.770. The highest BCUT2D eigenvalue weighted by molar-refractivity contribution is 6.17. The molecule has 0 bridgehead atoms. The van der Waals surface area contributed by atoms with Gasteiger partial charge in [0.1, 0.15) is 5.57 Å². The number of rotatable bonds is 4. The van der Waals surface area contributed by atoms with Gasteiger partial charge in [0.25, 0.3) is 0 Å². The lowest BCUT2D eigenvalue weighted by Crippen LogP contribution is -2.18. The molecule has 0 spiro atoms. The third kappa shape index (κ3) is 2.81. The highest BCUT2D eigenvalue weighted by Crippen LogP contribution is 2.28. The summed E-state index contributed by atoms with van der Waals surface area (Å²) in [7, 11) is 3.05. The van der Waals surface area contributed by atoms with Crippen molar-refractivity contribution in [3.05, 3.63) is 65.5 Å². The summed E-state index contributed by atoms with van der Waals surface area (Å²) in [6.45, 7) is 0. The molecule has 24 heavy (non-hydrogen) atoms. The van der Waals surface area contributed by atoms with Crippen molar-refractivity contribution < 1.29 is 29.0 Å². The first-order valence-corrected chi connectivity index (χ1v) is 7.19. The van der Waals surface area contributed by atoms with Crippen molar-refractivity contribution in [1.29, 1.82) is 0 Å². The predicted octanol–water partition coefficient (Wildman–Crippen LogP) is 1.34. The van der Waals surface area contributed by atoms with Crippen LogP contribution in [-0.4, -0.2) is 31.1 Å². The largest absolute Gasteiger partial charge is 0.819 e. The van der Waals surface area contributed by atoms with Crippen molar-refractivity contribution in [2.45, 2.75) is 0 Å². The molecule has 0 saturated carbocycles. The van der Waals surface area contributed by atoms with E-state index < -0.39 is 11.9 Å². The number of hydroxylamine groups is 1. The average Bonchev–Trinajstić information content (AvgIpc) is 2.89. The summed E-state index contributed by atoms with van der Waals surface area (Å²) in [4.78, 5) is 17.1. The van der Waals surface area contributed by atoms with Crippen molar-refractivity contribution in [3.63, 3.8) is 0 Å². The van der Waals surface area contributed by atoms with Crippen LogP contribution in [0.3, 0.4) is 0 Å². The van der Waals surface area contributed by atoms with Crippen LogP contribution in [0.1, 0.15) is 11.1 Å². The summed E-state index contributed by atoms with van der Waals surface area (Å²) in [5, 5.41) is 12.5. The smallest absolute Gasteiger partial charge is 0.417 e. The van der Waals surface area contributed by atoms with Crippen LogP contribution >= 0.6 is 0 Å². The van der Waals surface area contributed by atoms with Crippen LogP contribution in [0.25, 0.3) is 5.57 Å². The van der Waals surface area contributed by atoms with Crippen LogP contribution in [-0.2, 0) is 9.63 Å². The predicted molar refractivity (Wildman–Crippen MR) is 84.4 cm³/mol. The van der Waals surface area contributed by atoms with E-state index in [1.54, 1.807) is 42.5 Å². The summed E-state index contributed by atoms with van der Waals surface area (Å²) < 4.78 is 11.3. The Balaban J connectivity index is 2.00. The molecule has 2 aromatic carbocycles. The van der Waals surface area contributed by atoms with Crippen LogP contribution in [0, 0.1) is 0 Å². The van der Waals surface area contributed by atoms with E-state index in [1.165, 1.54) is 20.4 Å². The van der Waals surface area contributed by atoms with E-state index in [4.69, 9.17) is 14.3 Å². The van der Waals surface area contributed by atoms with Crippen molar-refractivity contribution in [3.8, 4) is 11.5 Å². The van der Waals surface area contributed by atoms with Gasteiger partial charge in [-0.25, -0.2) is 4.79 Å². The molecule has 122 valence electrons. The van der Waals surface area contributed by atoms with Gasteiger partial charge in [0.2, 0.25) is 12.1 Å². The van der Waals surface area contributed by atoms with E-state index in [9.17, 15) is 9.90 Å². The maximum absolute atomic E-state index is 12.5. The standard InChI is InChI=1S/C18H15NO5/c1-22-14-9-8-12(10-15(14)23-2)11-19-17(20)16(18(21)24-19)13-6-4-3-5-7-13/h3-11H,1-2H3/b19-11+. The summed E-state index contributed by atoms with van der Waals surface area (Å²) in [6, 6.07) is 13.8. The zero-order valence-electron chi connectivity index (χ0n) is 13.2. The number of nitrogens with zero attached hydrogens (tertiary/aromatic N) is 1. The SMILES string of the molecule is COc1ccc(/C=[N+]2/OC(=O)C(c3ccccc3)=C2[O-])cc1OC. The third-order valence-corrected chi connectivity index (χ3v) is 3.54. The zero-order valence-corrected chi connectivity index (χ0v) is 13.2. The molecule has 1 aliphatic rings. The molecule has 6 nitrogen and oxygen atoms in total. The Hall–Kier alpha value is -3.28. The topological polar surface area (TPSA) is 70.8 Å². The van der Waals surface area contributed by atoms with Gasteiger partial charge in [-0.15, -0.1) is 0 Å². The molecule has 0 radical (unpaired) electrons. The van der Waals surface area contributed by atoms with Gasteiger partial charge in [0.15, 0.2) is 11.5 Å². The summed E-state index contributed by atoms with van der Waals surface area (Å²) >= 11 is 0. The van der Waals surface area contributed by atoms with E-state index in [1.807, 2.05) is 6.07 Å². The molecule has 3 rings (SSSR count). The van der Waals surface area contributed by atoms with Crippen LogP contribution in [0.2, 0.25) is 0 Å². The van der Waals surface area contributed by atoms with Gasteiger partial charge in [-0.3, -0.25) is 0 Å². The molecule has 0 aromatic heterocycles. The second-order valence-corrected chi connectivity index (χ2v) is 4.99. The number of methoxy groups -OCH3 is 2. The maximum Gasteiger partial charge on any atom is 0.417 e. The molecule has 6 heteroatoms. The second-order valence-electron chi connectivity index (χ2n) is 4.99. The van der Waals surface area contributed by atoms with Crippen molar-refractivity contribution in [2.75, 3.05) is 14.2 Å². The van der Waals surface area contributed by atoms with Crippen molar-refractivity contribution in [1.82, 2.24) is 0 Å². The van der Waals surface area contributed by atoms with Crippen molar-refractivity contribution >= 4 is 17.8 Å². The molecule has 0 atom stereocenters. The van der Waals surface area contributed by atoms with E-state index in [2.05, 4.69) is 0 Å². The Morgan fingerprint density at radius 3 is 2.42 bits per heavy atom. The quantitative estimate of drug-likeness (QED) is 0.626. The Morgan fingerprint density at radius 1 is 1.04 bits per heavy atom. The van der Waals surface area contributed by atoms with Crippen LogP contribution < -0.4 is 14.6 Å². The molecule has 0 aliphatic carbocycles. The molecule has 0 N–H and O–H groups in total. The van der Waals surface area contributed by atoms with E-state index in [0.717, 1.165) is 4.74 Å². The second kappa shape index (κ2) is 6.45. The number of benzene rings is 2. The third-order valence-electron chi connectivity index (χ3n) is 3.54. The molecule has 0 fully saturated rings. The maximum atomic E-state index is 12.5. The van der Waals surface area contributed by atoms with Gasteiger partial charge in [-0.05, 0) is 23.8 Å². The fraction of sp³-hybridized carbons (Fsp3) is 0.111. The van der Waals surface area contributed by atoms with E-state index in [0.29, 0.717) is 22.6 Å². The minimum absolute atomic E-state index is 0.00678. The number of carbonyl (C=O) groups is 1. The average molecular weight is 325 g/mol. The molecule has 0 saturated heterocycles. The minimum atomic E-state index is -0.678. The van der Waals surface area contributed by atoms with E-state index in [-0.39, 0.29) is 5.57 Å². The fourth-order valence-corrected chi connectivity index (χ4v) is 2.37. The van der Waals surface area contributed by atoms with Gasteiger partial charge in [-0.2, -0.15) is 4.84 Å². The summed E-state index contributed by atoms with van der Waals surface area (Å²) in [5.41, 5.74) is 1.16. The van der Waals surface area contributed by atoms with Gasteiger partial charge < -0.3 is 14.6 Å². The first kappa shape index (κ1) is 15.6. The van der Waals surface area contributed by atoms with Crippen molar-refractivity contribution in [2.24, 2.45) is 0 Å². The Labute approximate surface area is 138 Å². The Morgan fingerprint density at radius 2 is 1.75 bits per heavy atom. The molecular formula is C18H15NO5. The van der Waals surface area contributed by atoms with Gasteiger partial charge in [0.05, 0.1) is 14.2 Å². The van der Waals surface area contributed by atoms with Gasteiger partial charge >= 0.3 is 5.97 Å². The number of carbonyl (C=O) groups excluding carboxylic acids is 1. The lowest BCUT2D eigenvalue weighted by atomic mass is 10.1. The monoisotopic (exact) mass is 325 g/mol. The van der Waals surface area contributed by atoms with Crippen LogP contribution in [0.15, 0.2) is 54.4 Å². The molecule has 2 aromatic rings. The molecule has 1 aliphatic heterocycles. The summed E-state index contributed by atoms with van der Waals surface area (Å²) in [6.07, 6.45) is 1.43. The number of ether oxygens (including phenoxy) is 2. The number of hydrogen-bond donors (Lipinski definition) is 0. The first-order valence-electron chi connectivity index (χ1n) is 7.19. The first-order chi connectivity index (χ1) is 11.6. The number of hydrogen-bond acceptors (Lipinski definition) is 5. The van der Waals surface area contributed by atoms with Crippen LogP contribution in [0.5, 0.6) is 11.5 Å². The normalized spacial score (nSPS) is 15.6. The highest BCUT2D eigenvalue weighted by Gasteiger charge is 2.33. The van der Waals surface area contributed by atoms with Gasteiger partial charge in [-0.1, -0.05) is 30.3 Å². The Kier molecular flexibility index (Phi) is 4.20. The van der Waals surface area contributed by atoms with E-state index >= 15 is 0 Å². The lowest BCUT2D eigenvalue weighted by Gasteiger charge is -2.07. The molecule has 0 amide bonds. The summed E-state index contributed by atoms with van der Waals surface area (Å²) in [5.74, 6) is -0.115. The Bertz CT molecular complexity index is 840. The zero-order chi connectivity index (χ0) is 17.1.